The number of hydrogen-bond acceptors (Lipinski definition) is 2. The smallest absolute Gasteiger partial charge is 0.146 e. The summed E-state index contributed by atoms with van der Waals surface area (Å²) in [6, 6.07) is 46.8. The minimum atomic E-state index is 0.907. The second-order valence-electron chi connectivity index (χ2n) is 9.90. The lowest BCUT2D eigenvalue weighted by atomic mass is 9.99. The number of fused-ring (bicyclic) bond motifs is 5. The molecule has 0 aliphatic carbocycles. The molecule has 8 rings (SSSR count). The average Bonchev–Trinajstić information content (AvgIpc) is 3.58. The van der Waals surface area contributed by atoms with E-state index in [-0.39, 0.29) is 0 Å². The zero-order valence-electron chi connectivity index (χ0n) is 21.6. The van der Waals surface area contributed by atoms with Gasteiger partial charge in [0.1, 0.15) is 5.82 Å². The third kappa shape index (κ3) is 3.40. The zero-order chi connectivity index (χ0) is 26.5. The van der Waals surface area contributed by atoms with E-state index in [1.165, 1.54) is 10.9 Å². The Hall–Kier alpha value is -5.48. The molecule has 4 nitrogen and oxygen atoms in total. The summed E-state index contributed by atoms with van der Waals surface area (Å²) in [5.74, 6) is 0.907. The van der Waals surface area contributed by atoms with Crippen LogP contribution in [0.1, 0.15) is 0 Å². The normalized spacial score (nSPS) is 11.5. The topological polar surface area (TPSA) is 35.6 Å². The number of imidazole rings is 1. The van der Waals surface area contributed by atoms with E-state index in [0.29, 0.717) is 0 Å². The van der Waals surface area contributed by atoms with Crippen LogP contribution in [0.3, 0.4) is 0 Å². The van der Waals surface area contributed by atoms with Gasteiger partial charge in [0.25, 0.3) is 0 Å². The molecule has 0 amide bonds. The van der Waals surface area contributed by atoms with Gasteiger partial charge in [0.2, 0.25) is 0 Å². The van der Waals surface area contributed by atoms with Crippen LogP contribution < -0.4 is 0 Å². The highest BCUT2D eigenvalue weighted by Crippen LogP contribution is 2.40. The van der Waals surface area contributed by atoms with E-state index in [4.69, 9.17) is 4.98 Å². The average molecular weight is 513 g/mol. The first-order valence-electron chi connectivity index (χ1n) is 13.4. The molecule has 0 fully saturated rings. The molecule has 0 bridgehead atoms. The minimum absolute atomic E-state index is 0.907. The van der Waals surface area contributed by atoms with Gasteiger partial charge < -0.3 is 4.57 Å². The predicted molar refractivity (Wildman–Crippen MR) is 164 cm³/mol. The number of pyridine rings is 1. The van der Waals surface area contributed by atoms with Crippen molar-refractivity contribution in [3.63, 3.8) is 0 Å². The lowest BCUT2D eigenvalue weighted by molar-refractivity contribution is 1.09. The highest BCUT2D eigenvalue weighted by Gasteiger charge is 2.22. The van der Waals surface area contributed by atoms with Crippen molar-refractivity contribution in [1.29, 1.82) is 0 Å². The van der Waals surface area contributed by atoms with E-state index in [9.17, 15) is 0 Å². The Balaban J connectivity index is 1.52. The van der Waals surface area contributed by atoms with Crippen molar-refractivity contribution in [3.8, 4) is 33.9 Å². The number of rotatable bonds is 4. The summed E-state index contributed by atoms with van der Waals surface area (Å²) >= 11 is 0. The van der Waals surface area contributed by atoms with Crippen LogP contribution in [0.4, 0.5) is 0 Å². The Kier molecular flexibility index (Phi) is 5.10. The van der Waals surface area contributed by atoms with E-state index in [1.807, 2.05) is 24.5 Å². The molecule has 3 heterocycles. The summed E-state index contributed by atoms with van der Waals surface area (Å²) < 4.78 is 4.61. The molecule has 0 aliphatic heterocycles. The van der Waals surface area contributed by atoms with E-state index >= 15 is 0 Å². The van der Waals surface area contributed by atoms with Crippen LogP contribution >= 0.6 is 0 Å². The standard InChI is InChI=1S/C36H24N4/c1-3-11-25(12-4-1)28-15-7-8-16-29(28)36-38-35-33(40(36)27-21-23-37-24-22-27)20-19-32-34(35)30-17-9-10-18-31(30)39(32)26-13-5-2-6-14-26/h1-24H. The van der Waals surface area contributed by atoms with E-state index in [1.54, 1.807) is 0 Å². The van der Waals surface area contributed by atoms with Crippen molar-refractivity contribution >= 4 is 32.8 Å². The van der Waals surface area contributed by atoms with Crippen LogP contribution in [0.5, 0.6) is 0 Å². The number of aromatic nitrogens is 4. The first-order chi connectivity index (χ1) is 19.9. The number of benzene rings is 5. The van der Waals surface area contributed by atoms with Crippen molar-refractivity contribution in [3.05, 3.63) is 146 Å². The molecular formula is C36H24N4. The summed E-state index contributed by atoms with van der Waals surface area (Å²) in [4.78, 5) is 9.75. The molecule has 0 aliphatic rings. The Bertz CT molecular complexity index is 2140. The predicted octanol–water partition coefficient (Wildman–Crippen LogP) is 8.85. The third-order valence-corrected chi connectivity index (χ3v) is 7.65. The van der Waals surface area contributed by atoms with Gasteiger partial charge in [-0.25, -0.2) is 4.98 Å². The van der Waals surface area contributed by atoms with Crippen LogP contribution in [0, 0.1) is 0 Å². The van der Waals surface area contributed by atoms with Gasteiger partial charge in [-0.05, 0) is 53.6 Å². The van der Waals surface area contributed by atoms with Gasteiger partial charge in [-0.15, -0.1) is 0 Å². The molecule has 0 radical (unpaired) electrons. The van der Waals surface area contributed by atoms with Gasteiger partial charge in [0.15, 0.2) is 0 Å². The Morgan fingerprint density at radius 2 is 1.07 bits per heavy atom. The third-order valence-electron chi connectivity index (χ3n) is 7.65. The molecule has 0 saturated heterocycles. The van der Waals surface area contributed by atoms with Crippen LogP contribution in [0.25, 0.3) is 66.7 Å². The van der Waals surface area contributed by atoms with Gasteiger partial charge >= 0.3 is 0 Å². The van der Waals surface area contributed by atoms with Crippen molar-refractivity contribution in [2.75, 3.05) is 0 Å². The van der Waals surface area contributed by atoms with Crippen LogP contribution in [0.2, 0.25) is 0 Å². The molecule has 5 aromatic carbocycles. The second kappa shape index (κ2) is 9.07. The number of para-hydroxylation sites is 2. The maximum Gasteiger partial charge on any atom is 0.146 e. The highest BCUT2D eigenvalue weighted by molar-refractivity contribution is 6.20. The van der Waals surface area contributed by atoms with Crippen LogP contribution in [-0.2, 0) is 0 Å². The maximum atomic E-state index is 5.46. The zero-order valence-corrected chi connectivity index (χ0v) is 21.6. The Morgan fingerprint density at radius 3 is 1.88 bits per heavy atom. The molecule has 0 spiro atoms. The molecular weight excluding hydrogens is 488 g/mol. The lowest BCUT2D eigenvalue weighted by Crippen LogP contribution is -1.99. The quantitative estimate of drug-likeness (QED) is 0.236. The molecule has 188 valence electrons. The molecule has 3 aromatic heterocycles. The van der Waals surface area contributed by atoms with E-state index < -0.39 is 0 Å². The summed E-state index contributed by atoms with van der Waals surface area (Å²) in [5.41, 5.74) is 9.92. The molecule has 40 heavy (non-hydrogen) atoms. The van der Waals surface area contributed by atoms with Gasteiger partial charge in [0, 0.05) is 34.4 Å². The van der Waals surface area contributed by atoms with Crippen molar-refractivity contribution in [1.82, 2.24) is 19.1 Å². The van der Waals surface area contributed by atoms with Crippen molar-refractivity contribution in [2.24, 2.45) is 0 Å². The van der Waals surface area contributed by atoms with Crippen molar-refractivity contribution < 1.29 is 0 Å². The highest BCUT2D eigenvalue weighted by atomic mass is 15.1. The fourth-order valence-corrected chi connectivity index (χ4v) is 5.93. The van der Waals surface area contributed by atoms with Crippen LogP contribution in [0.15, 0.2) is 146 Å². The van der Waals surface area contributed by atoms with E-state index in [0.717, 1.165) is 55.8 Å². The summed E-state index contributed by atoms with van der Waals surface area (Å²) in [6.07, 6.45) is 3.68. The van der Waals surface area contributed by atoms with Crippen molar-refractivity contribution in [2.45, 2.75) is 0 Å². The second-order valence-corrected chi connectivity index (χ2v) is 9.90. The first kappa shape index (κ1) is 22.5. The molecule has 0 atom stereocenters. The number of hydrogen-bond donors (Lipinski definition) is 0. The summed E-state index contributed by atoms with van der Waals surface area (Å²) in [7, 11) is 0. The van der Waals surface area contributed by atoms with Gasteiger partial charge in [-0.2, -0.15) is 0 Å². The minimum Gasteiger partial charge on any atom is -0.309 e. The molecule has 8 aromatic rings. The Morgan fingerprint density at radius 1 is 0.450 bits per heavy atom. The van der Waals surface area contributed by atoms with Gasteiger partial charge in [-0.3, -0.25) is 9.55 Å². The fraction of sp³-hybridized carbons (Fsp3) is 0. The lowest BCUT2D eigenvalue weighted by Gasteiger charge is -2.13. The maximum absolute atomic E-state index is 5.46. The SMILES string of the molecule is c1ccc(-c2ccccc2-c2nc3c4c5ccccc5n(-c5ccccc5)c4ccc3n2-c2ccncc2)cc1. The molecule has 0 unspecified atom stereocenters. The van der Waals surface area contributed by atoms with Crippen LogP contribution in [-0.4, -0.2) is 19.1 Å². The first-order valence-corrected chi connectivity index (χ1v) is 13.4. The summed E-state index contributed by atoms with van der Waals surface area (Å²) in [6.45, 7) is 0. The van der Waals surface area contributed by atoms with Gasteiger partial charge in [-0.1, -0.05) is 91.0 Å². The fourth-order valence-electron chi connectivity index (χ4n) is 5.93. The van der Waals surface area contributed by atoms with E-state index in [2.05, 4.69) is 135 Å². The largest absolute Gasteiger partial charge is 0.309 e. The van der Waals surface area contributed by atoms with Gasteiger partial charge in [0.05, 0.1) is 27.8 Å². The Labute approximate surface area is 231 Å². The number of nitrogens with zero attached hydrogens (tertiary/aromatic N) is 4. The molecule has 4 heteroatoms. The molecule has 0 saturated carbocycles. The summed E-state index contributed by atoms with van der Waals surface area (Å²) in [5, 5.41) is 2.34. The molecule has 0 N–H and O–H groups in total. The monoisotopic (exact) mass is 512 g/mol.